The molecule has 1 aliphatic rings. The molecule has 6 heteroatoms. The molecule has 1 aromatic carbocycles. The lowest BCUT2D eigenvalue weighted by Gasteiger charge is -2.28. The smallest absolute Gasteiger partial charge is 0.268 e. The highest BCUT2D eigenvalue weighted by Gasteiger charge is 2.28. The normalized spacial score (nSPS) is 19.7. The standard InChI is InChI=1S/C22H26N4O2/c1-12-19(14(3)27)13(2)23-20(12)22(28)24-16-8-6-7-15(11-16)21-25-17-9-4-5-10-18(17)26-21/h4-5,9-10,15-16,23H,6-8,11H2,1-3H3,(H,24,28)(H,25,26). The fourth-order valence-corrected chi connectivity index (χ4v) is 4.50. The molecule has 1 aliphatic carbocycles. The average molecular weight is 378 g/mol. The second kappa shape index (κ2) is 7.26. The van der Waals surface area contributed by atoms with Crippen molar-refractivity contribution in [2.75, 3.05) is 0 Å². The van der Waals surface area contributed by atoms with Gasteiger partial charge >= 0.3 is 0 Å². The van der Waals surface area contributed by atoms with Gasteiger partial charge in [0.2, 0.25) is 0 Å². The number of hydrogen-bond donors (Lipinski definition) is 3. The number of aromatic nitrogens is 3. The van der Waals surface area contributed by atoms with Crippen molar-refractivity contribution < 1.29 is 9.59 Å². The first-order valence-corrected chi connectivity index (χ1v) is 9.89. The van der Waals surface area contributed by atoms with Crippen molar-refractivity contribution in [2.24, 2.45) is 0 Å². The summed E-state index contributed by atoms with van der Waals surface area (Å²) in [7, 11) is 0. The van der Waals surface area contributed by atoms with Crippen LogP contribution in [0, 0.1) is 13.8 Å². The van der Waals surface area contributed by atoms with Gasteiger partial charge in [0, 0.05) is 23.2 Å². The summed E-state index contributed by atoms with van der Waals surface area (Å²) in [6.45, 7) is 5.19. The molecule has 0 saturated heterocycles. The molecule has 3 N–H and O–H groups in total. The zero-order valence-electron chi connectivity index (χ0n) is 16.6. The van der Waals surface area contributed by atoms with Crippen molar-refractivity contribution in [1.82, 2.24) is 20.3 Å². The van der Waals surface area contributed by atoms with E-state index in [4.69, 9.17) is 4.98 Å². The van der Waals surface area contributed by atoms with Gasteiger partial charge in [-0.1, -0.05) is 18.6 Å². The van der Waals surface area contributed by atoms with Crippen LogP contribution in [0.25, 0.3) is 11.0 Å². The lowest BCUT2D eigenvalue weighted by molar-refractivity contribution is 0.0919. The highest BCUT2D eigenvalue weighted by Crippen LogP contribution is 2.32. The summed E-state index contributed by atoms with van der Waals surface area (Å²) in [5.41, 5.74) is 4.63. The quantitative estimate of drug-likeness (QED) is 0.595. The van der Waals surface area contributed by atoms with Crippen molar-refractivity contribution in [3.63, 3.8) is 0 Å². The number of hydrogen-bond acceptors (Lipinski definition) is 3. The van der Waals surface area contributed by atoms with Gasteiger partial charge in [0.25, 0.3) is 5.91 Å². The molecule has 0 aliphatic heterocycles. The lowest BCUT2D eigenvalue weighted by atomic mass is 9.85. The average Bonchev–Trinajstić information content (AvgIpc) is 3.22. The van der Waals surface area contributed by atoms with Gasteiger partial charge in [0.15, 0.2) is 5.78 Å². The van der Waals surface area contributed by atoms with Gasteiger partial charge in [0.05, 0.1) is 11.0 Å². The van der Waals surface area contributed by atoms with Gasteiger partial charge in [-0.3, -0.25) is 9.59 Å². The van der Waals surface area contributed by atoms with Crippen LogP contribution < -0.4 is 5.32 Å². The number of benzene rings is 1. The molecule has 2 atom stereocenters. The number of aromatic amines is 2. The first-order chi connectivity index (χ1) is 13.4. The highest BCUT2D eigenvalue weighted by atomic mass is 16.2. The van der Waals surface area contributed by atoms with E-state index in [1.54, 1.807) is 0 Å². The minimum absolute atomic E-state index is 0.0204. The number of ketones is 1. The molecule has 2 heterocycles. The van der Waals surface area contributed by atoms with Gasteiger partial charge in [-0.05, 0) is 57.7 Å². The first-order valence-electron chi connectivity index (χ1n) is 9.89. The molecule has 1 amide bonds. The zero-order chi connectivity index (χ0) is 19.8. The van der Waals surface area contributed by atoms with Crippen LogP contribution >= 0.6 is 0 Å². The Kier molecular flexibility index (Phi) is 4.79. The zero-order valence-corrected chi connectivity index (χ0v) is 16.6. The minimum Gasteiger partial charge on any atom is -0.354 e. The Morgan fingerprint density at radius 2 is 1.93 bits per heavy atom. The van der Waals surface area contributed by atoms with Crippen LogP contribution in [-0.2, 0) is 0 Å². The fraction of sp³-hybridized carbons (Fsp3) is 0.409. The van der Waals surface area contributed by atoms with Gasteiger partial charge < -0.3 is 15.3 Å². The number of nitrogens with one attached hydrogen (secondary N) is 3. The third-order valence-corrected chi connectivity index (χ3v) is 5.82. The summed E-state index contributed by atoms with van der Waals surface area (Å²) in [5, 5.41) is 3.17. The number of fused-ring (bicyclic) bond motifs is 1. The molecule has 0 bridgehead atoms. The van der Waals surface area contributed by atoms with Crippen molar-refractivity contribution in [2.45, 2.75) is 58.4 Å². The Hall–Kier alpha value is -2.89. The molecule has 4 rings (SSSR count). The van der Waals surface area contributed by atoms with Crippen molar-refractivity contribution in [3.8, 4) is 0 Å². The molecule has 3 aromatic rings. The molecule has 2 unspecified atom stereocenters. The Morgan fingerprint density at radius 1 is 1.14 bits per heavy atom. The van der Waals surface area contributed by atoms with E-state index in [2.05, 4.69) is 15.3 Å². The maximum Gasteiger partial charge on any atom is 0.268 e. The Labute approximate surface area is 164 Å². The van der Waals surface area contributed by atoms with Crippen LogP contribution in [-0.4, -0.2) is 32.7 Å². The summed E-state index contributed by atoms with van der Waals surface area (Å²) in [6.07, 6.45) is 3.94. The van der Waals surface area contributed by atoms with Gasteiger partial charge in [0.1, 0.15) is 11.5 Å². The number of carbonyl (C=O) groups is 2. The van der Waals surface area contributed by atoms with Gasteiger partial charge in [-0.15, -0.1) is 0 Å². The van der Waals surface area contributed by atoms with E-state index in [0.29, 0.717) is 17.2 Å². The number of rotatable bonds is 4. The Balaban J connectivity index is 1.49. The molecular formula is C22H26N4O2. The van der Waals surface area contributed by atoms with E-state index in [1.165, 1.54) is 6.92 Å². The van der Waals surface area contributed by atoms with Gasteiger partial charge in [-0.25, -0.2) is 4.98 Å². The van der Waals surface area contributed by atoms with Gasteiger partial charge in [-0.2, -0.15) is 0 Å². The number of imidazole rings is 1. The number of carbonyl (C=O) groups excluding carboxylic acids is 2. The van der Waals surface area contributed by atoms with Crippen LogP contribution in [0.15, 0.2) is 24.3 Å². The van der Waals surface area contributed by atoms with E-state index < -0.39 is 0 Å². The van der Waals surface area contributed by atoms with E-state index in [-0.39, 0.29) is 17.7 Å². The first kappa shape index (κ1) is 18.5. The SMILES string of the molecule is CC(=O)c1c(C)[nH]c(C(=O)NC2CCCC(c3nc4ccccc4[nH]3)C2)c1C. The number of H-pyrrole nitrogens is 2. The largest absolute Gasteiger partial charge is 0.354 e. The summed E-state index contributed by atoms with van der Waals surface area (Å²) in [6, 6.07) is 8.15. The molecule has 2 aromatic heterocycles. The van der Waals surface area contributed by atoms with Crippen LogP contribution in [0.3, 0.4) is 0 Å². The number of Topliss-reactive ketones (excluding diaryl/α,β-unsaturated/α-hetero) is 1. The van der Waals surface area contributed by atoms with Crippen LogP contribution in [0.4, 0.5) is 0 Å². The van der Waals surface area contributed by atoms with E-state index in [9.17, 15) is 9.59 Å². The summed E-state index contributed by atoms with van der Waals surface area (Å²) < 4.78 is 0. The number of aryl methyl sites for hydroxylation is 1. The molecule has 28 heavy (non-hydrogen) atoms. The molecular weight excluding hydrogens is 352 g/mol. The predicted molar refractivity (Wildman–Crippen MR) is 109 cm³/mol. The number of nitrogens with zero attached hydrogens (tertiary/aromatic N) is 1. The monoisotopic (exact) mass is 378 g/mol. The fourth-order valence-electron chi connectivity index (χ4n) is 4.50. The maximum absolute atomic E-state index is 12.8. The molecule has 6 nitrogen and oxygen atoms in total. The summed E-state index contributed by atoms with van der Waals surface area (Å²) in [4.78, 5) is 35.9. The summed E-state index contributed by atoms with van der Waals surface area (Å²) in [5.74, 6) is 1.16. The van der Waals surface area contributed by atoms with Crippen molar-refractivity contribution in [3.05, 3.63) is 52.6 Å². The third-order valence-electron chi connectivity index (χ3n) is 5.82. The third kappa shape index (κ3) is 3.35. The van der Waals surface area contributed by atoms with E-state index >= 15 is 0 Å². The Bertz CT molecular complexity index is 1010. The Morgan fingerprint density at radius 3 is 2.64 bits per heavy atom. The number of amides is 1. The van der Waals surface area contributed by atoms with Crippen LogP contribution in [0.2, 0.25) is 0 Å². The molecule has 1 saturated carbocycles. The second-order valence-corrected chi connectivity index (χ2v) is 7.85. The molecule has 1 fully saturated rings. The second-order valence-electron chi connectivity index (χ2n) is 7.85. The highest BCUT2D eigenvalue weighted by molar-refractivity contribution is 6.02. The summed E-state index contributed by atoms with van der Waals surface area (Å²) >= 11 is 0. The van der Waals surface area contributed by atoms with Crippen molar-refractivity contribution in [1.29, 1.82) is 0 Å². The van der Waals surface area contributed by atoms with E-state index in [0.717, 1.165) is 53.8 Å². The van der Waals surface area contributed by atoms with Crippen LogP contribution in [0.5, 0.6) is 0 Å². The number of para-hydroxylation sites is 2. The maximum atomic E-state index is 12.8. The topological polar surface area (TPSA) is 90.6 Å². The van der Waals surface area contributed by atoms with E-state index in [1.807, 2.05) is 38.1 Å². The molecule has 0 radical (unpaired) electrons. The predicted octanol–water partition coefficient (Wildman–Crippen LogP) is 4.17. The molecule has 0 spiro atoms. The molecule has 146 valence electrons. The van der Waals surface area contributed by atoms with Crippen LogP contribution in [0.1, 0.15) is 76.5 Å². The minimum atomic E-state index is -0.136. The van der Waals surface area contributed by atoms with Crippen molar-refractivity contribution >= 4 is 22.7 Å². The lowest BCUT2D eigenvalue weighted by Crippen LogP contribution is -2.38.